The van der Waals surface area contributed by atoms with E-state index < -0.39 is 23.1 Å². The Morgan fingerprint density at radius 3 is 2.63 bits per heavy atom. The van der Waals surface area contributed by atoms with E-state index in [-0.39, 0.29) is 17.8 Å². The number of rotatable bonds is 4. The number of anilines is 1. The molecule has 0 heterocycles. The summed E-state index contributed by atoms with van der Waals surface area (Å²) in [5.41, 5.74) is 4.40. The van der Waals surface area contributed by atoms with Crippen LogP contribution in [0.1, 0.15) is 29.6 Å². The minimum atomic E-state index is -0.911. The fourth-order valence-corrected chi connectivity index (χ4v) is 2.15. The normalized spacial score (nSPS) is 16.5. The first-order chi connectivity index (χ1) is 8.96. The number of halogens is 1. The molecule has 1 amide bonds. The third kappa shape index (κ3) is 2.38. The molecule has 19 heavy (non-hydrogen) atoms. The smallest absolute Gasteiger partial charge is 0.311 e. The second-order valence-electron chi connectivity index (χ2n) is 4.82. The maximum Gasteiger partial charge on any atom is 0.311 e. The average molecular weight is 266 g/mol. The van der Waals surface area contributed by atoms with Gasteiger partial charge < -0.3 is 16.2 Å². The van der Waals surface area contributed by atoms with Crippen LogP contribution in [0.3, 0.4) is 0 Å². The van der Waals surface area contributed by atoms with Crippen molar-refractivity contribution in [1.82, 2.24) is 5.32 Å². The van der Waals surface area contributed by atoms with Crippen molar-refractivity contribution in [1.29, 1.82) is 0 Å². The van der Waals surface area contributed by atoms with Gasteiger partial charge in [-0.15, -0.1) is 0 Å². The first-order valence-electron chi connectivity index (χ1n) is 6.02. The van der Waals surface area contributed by atoms with Gasteiger partial charge in [0.15, 0.2) is 0 Å². The number of hydrogen-bond acceptors (Lipinski definition) is 3. The van der Waals surface area contributed by atoms with E-state index in [4.69, 9.17) is 10.8 Å². The summed E-state index contributed by atoms with van der Waals surface area (Å²) in [6.45, 7) is 0.0388. The molecular formula is C13H15FN2O3. The van der Waals surface area contributed by atoms with Crippen LogP contribution >= 0.6 is 0 Å². The monoisotopic (exact) mass is 266 g/mol. The zero-order chi connectivity index (χ0) is 14.0. The molecule has 6 heteroatoms. The van der Waals surface area contributed by atoms with Gasteiger partial charge in [-0.2, -0.15) is 0 Å². The number of benzene rings is 1. The number of carbonyl (C=O) groups is 2. The molecule has 1 saturated carbocycles. The van der Waals surface area contributed by atoms with Gasteiger partial charge in [-0.3, -0.25) is 9.59 Å². The summed E-state index contributed by atoms with van der Waals surface area (Å²) in [7, 11) is 0. The minimum absolute atomic E-state index is 0.0277. The third-order valence-corrected chi connectivity index (χ3v) is 3.65. The maximum atomic E-state index is 13.2. The Hall–Kier alpha value is -2.11. The molecule has 5 nitrogen and oxygen atoms in total. The summed E-state index contributed by atoms with van der Waals surface area (Å²) in [6, 6.07) is 3.95. The summed E-state index contributed by atoms with van der Waals surface area (Å²) in [4.78, 5) is 23.0. The van der Waals surface area contributed by atoms with Crippen molar-refractivity contribution < 1.29 is 19.1 Å². The zero-order valence-corrected chi connectivity index (χ0v) is 10.3. The summed E-state index contributed by atoms with van der Waals surface area (Å²) in [5.74, 6) is -2.12. The highest BCUT2D eigenvalue weighted by molar-refractivity contribution is 5.99. The van der Waals surface area contributed by atoms with Crippen LogP contribution in [0.15, 0.2) is 18.2 Å². The van der Waals surface area contributed by atoms with Crippen molar-refractivity contribution >= 4 is 17.6 Å². The van der Waals surface area contributed by atoms with E-state index >= 15 is 0 Å². The second-order valence-corrected chi connectivity index (χ2v) is 4.82. The van der Waals surface area contributed by atoms with Gasteiger partial charge in [-0.1, -0.05) is 12.5 Å². The third-order valence-electron chi connectivity index (χ3n) is 3.65. The molecule has 2 rings (SSSR count). The van der Waals surface area contributed by atoms with Gasteiger partial charge in [0.1, 0.15) is 5.82 Å². The Bertz CT molecular complexity index is 527. The molecule has 0 aliphatic heterocycles. The predicted octanol–water partition coefficient (Wildman–Crippen LogP) is 1.39. The number of nitrogens with two attached hydrogens (primary N) is 1. The quantitative estimate of drug-likeness (QED) is 0.718. The van der Waals surface area contributed by atoms with Crippen LogP contribution < -0.4 is 11.1 Å². The average Bonchev–Trinajstić information content (AvgIpc) is 2.30. The fraction of sp³-hybridized carbons (Fsp3) is 0.385. The second kappa shape index (κ2) is 4.87. The number of carboxylic acid groups (broad SMARTS) is 1. The van der Waals surface area contributed by atoms with Crippen molar-refractivity contribution in [2.45, 2.75) is 19.3 Å². The molecule has 0 spiro atoms. The summed E-state index contributed by atoms with van der Waals surface area (Å²) in [6.07, 6.45) is 1.92. The first-order valence-corrected chi connectivity index (χ1v) is 6.02. The molecule has 1 aliphatic rings. The van der Waals surface area contributed by atoms with Crippen LogP contribution in [-0.2, 0) is 4.79 Å². The van der Waals surface area contributed by atoms with E-state index in [1.165, 1.54) is 12.1 Å². The molecule has 0 aromatic heterocycles. The molecule has 1 aromatic carbocycles. The van der Waals surface area contributed by atoms with E-state index in [0.29, 0.717) is 12.8 Å². The Morgan fingerprint density at radius 1 is 1.42 bits per heavy atom. The number of carbonyl (C=O) groups excluding carboxylic acids is 1. The van der Waals surface area contributed by atoms with Crippen molar-refractivity contribution in [3.63, 3.8) is 0 Å². The Balaban J connectivity index is 2.06. The van der Waals surface area contributed by atoms with E-state index in [1.807, 2.05) is 0 Å². The van der Waals surface area contributed by atoms with Gasteiger partial charge in [0.2, 0.25) is 0 Å². The van der Waals surface area contributed by atoms with Gasteiger partial charge in [-0.05, 0) is 25.0 Å². The Labute approximate surface area is 109 Å². The van der Waals surface area contributed by atoms with Crippen molar-refractivity contribution in [2.24, 2.45) is 5.41 Å². The number of nitrogens with one attached hydrogen (secondary N) is 1. The molecule has 1 aromatic rings. The highest BCUT2D eigenvalue weighted by atomic mass is 19.1. The van der Waals surface area contributed by atoms with Gasteiger partial charge in [0.05, 0.1) is 16.7 Å². The topological polar surface area (TPSA) is 92.4 Å². The number of hydrogen-bond donors (Lipinski definition) is 3. The molecule has 1 fully saturated rings. The SMILES string of the molecule is Nc1c(F)cccc1C(=O)NCC1(C(=O)O)CCC1. The lowest BCUT2D eigenvalue weighted by molar-refractivity contribution is -0.153. The predicted molar refractivity (Wildman–Crippen MR) is 67.1 cm³/mol. The van der Waals surface area contributed by atoms with Gasteiger partial charge in [0.25, 0.3) is 5.91 Å². The van der Waals surface area contributed by atoms with Crippen LogP contribution in [0.2, 0.25) is 0 Å². The van der Waals surface area contributed by atoms with Gasteiger partial charge in [0, 0.05) is 6.54 Å². The number of amides is 1. The lowest BCUT2D eigenvalue weighted by Crippen LogP contribution is -2.47. The van der Waals surface area contributed by atoms with Crippen LogP contribution in [0.4, 0.5) is 10.1 Å². The summed E-state index contributed by atoms with van der Waals surface area (Å²) >= 11 is 0. The van der Waals surface area contributed by atoms with Crippen molar-refractivity contribution in [3.05, 3.63) is 29.6 Å². The number of aliphatic carboxylic acids is 1. The zero-order valence-electron chi connectivity index (χ0n) is 10.3. The van der Waals surface area contributed by atoms with E-state index in [1.54, 1.807) is 0 Å². The molecular weight excluding hydrogens is 251 g/mol. The molecule has 0 saturated heterocycles. The fourth-order valence-electron chi connectivity index (χ4n) is 2.15. The lowest BCUT2D eigenvalue weighted by Gasteiger charge is -2.37. The maximum absolute atomic E-state index is 13.2. The largest absolute Gasteiger partial charge is 0.481 e. The Kier molecular flexibility index (Phi) is 3.42. The van der Waals surface area contributed by atoms with Gasteiger partial charge >= 0.3 is 5.97 Å². The van der Waals surface area contributed by atoms with Crippen molar-refractivity contribution in [2.75, 3.05) is 12.3 Å². The standard InChI is InChI=1S/C13H15FN2O3/c14-9-4-1-3-8(10(9)15)11(17)16-7-13(12(18)19)5-2-6-13/h1,3-4H,2,5-7,15H2,(H,16,17)(H,18,19). The summed E-state index contributed by atoms with van der Waals surface area (Å²) in [5, 5.41) is 11.7. The molecule has 0 bridgehead atoms. The Morgan fingerprint density at radius 2 is 2.11 bits per heavy atom. The van der Waals surface area contributed by atoms with E-state index in [0.717, 1.165) is 12.5 Å². The molecule has 1 aliphatic carbocycles. The van der Waals surface area contributed by atoms with Crippen LogP contribution in [-0.4, -0.2) is 23.5 Å². The highest BCUT2D eigenvalue weighted by Gasteiger charge is 2.44. The van der Waals surface area contributed by atoms with Crippen LogP contribution in [0, 0.1) is 11.2 Å². The van der Waals surface area contributed by atoms with Crippen molar-refractivity contribution in [3.8, 4) is 0 Å². The number of para-hydroxylation sites is 1. The van der Waals surface area contributed by atoms with Crippen LogP contribution in [0.5, 0.6) is 0 Å². The first kappa shape index (κ1) is 13.3. The van der Waals surface area contributed by atoms with E-state index in [9.17, 15) is 14.0 Å². The molecule has 0 radical (unpaired) electrons. The molecule has 0 atom stereocenters. The lowest BCUT2D eigenvalue weighted by atomic mass is 9.69. The van der Waals surface area contributed by atoms with E-state index in [2.05, 4.69) is 5.32 Å². The molecule has 102 valence electrons. The minimum Gasteiger partial charge on any atom is -0.481 e. The number of carboxylic acids is 1. The summed E-state index contributed by atoms with van der Waals surface area (Å²) < 4.78 is 13.2. The van der Waals surface area contributed by atoms with Gasteiger partial charge in [-0.25, -0.2) is 4.39 Å². The molecule has 0 unspecified atom stereocenters. The highest BCUT2D eigenvalue weighted by Crippen LogP contribution is 2.40. The number of nitrogen functional groups attached to an aromatic ring is 1. The van der Waals surface area contributed by atoms with Crippen LogP contribution in [0.25, 0.3) is 0 Å². The molecule has 4 N–H and O–H groups in total.